The zero-order valence-electron chi connectivity index (χ0n) is 12.0. The van der Waals surface area contributed by atoms with Gasteiger partial charge >= 0.3 is 0 Å². The van der Waals surface area contributed by atoms with E-state index in [0.29, 0.717) is 0 Å². The molecule has 2 unspecified atom stereocenters. The Morgan fingerprint density at radius 2 is 2.11 bits per heavy atom. The van der Waals surface area contributed by atoms with Crippen LogP contribution in [0.4, 0.5) is 0 Å². The Hall–Kier alpha value is -1.06. The summed E-state index contributed by atoms with van der Waals surface area (Å²) in [5.41, 5.74) is 0.972. The van der Waals surface area contributed by atoms with Crippen LogP contribution in [-0.2, 0) is 0 Å². The highest BCUT2D eigenvalue weighted by atomic mass is 16.5. The van der Waals surface area contributed by atoms with Crippen LogP contribution in [0.25, 0.3) is 0 Å². The quantitative estimate of drug-likeness (QED) is 0.886. The van der Waals surface area contributed by atoms with Crippen molar-refractivity contribution in [1.29, 1.82) is 0 Å². The maximum Gasteiger partial charge on any atom is 0.118 e. The third-order valence-electron chi connectivity index (χ3n) is 4.11. The molecule has 1 aromatic rings. The van der Waals surface area contributed by atoms with E-state index in [4.69, 9.17) is 4.74 Å². The Bertz CT molecular complexity index is 377. The van der Waals surface area contributed by atoms with Crippen LogP contribution in [-0.4, -0.2) is 36.8 Å². The van der Waals surface area contributed by atoms with Crippen molar-refractivity contribution in [2.24, 2.45) is 5.92 Å². The molecule has 1 fully saturated rings. The van der Waals surface area contributed by atoms with Gasteiger partial charge in [0.15, 0.2) is 0 Å². The molecule has 1 aliphatic heterocycles. The lowest BCUT2D eigenvalue weighted by Crippen LogP contribution is -2.37. The maximum atomic E-state index is 10.3. The van der Waals surface area contributed by atoms with Gasteiger partial charge in [0.1, 0.15) is 5.75 Å². The molecule has 2 rings (SSSR count). The zero-order chi connectivity index (χ0) is 13.7. The summed E-state index contributed by atoms with van der Waals surface area (Å²) < 4.78 is 5.14. The predicted molar refractivity (Wildman–Crippen MR) is 77.4 cm³/mol. The first-order chi connectivity index (χ1) is 9.22. The van der Waals surface area contributed by atoms with Gasteiger partial charge in [-0.25, -0.2) is 0 Å². The van der Waals surface area contributed by atoms with Gasteiger partial charge < -0.3 is 14.7 Å². The molecular weight excluding hydrogens is 238 g/mol. The molecule has 0 spiro atoms. The van der Waals surface area contributed by atoms with E-state index in [2.05, 4.69) is 11.8 Å². The number of rotatable bonds is 5. The molecule has 0 aliphatic carbocycles. The Kier molecular flexibility index (Phi) is 5.23. The summed E-state index contributed by atoms with van der Waals surface area (Å²) in [4.78, 5) is 2.40. The molecule has 1 saturated heterocycles. The van der Waals surface area contributed by atoms with Gasteiger partial charge in [0.25, 0.3) is 0 Å². The third kappa shape index (κ3) is 3.95. The standard InChI is InChI=1S/C16H25NO2/c1-3-13-5-4-10-17(11-13)12-16(18)14-6-8-15(19-2)9-7-14/h6-9,13,16,18H,3-5,10-12H2,1-2H3. The predicted octanol–water partition coefficient (Wildman–Crippen LogP) is 2.85. The van der Waals surface area contributed by atoms with E-state index < -0.39 is 6.10 Å². The molecular formula is C16H25NO2. The van der Waals surface area contributed by atoms with Crippen LogP contribution in [0, 0.1) is 5.92 Å². The molecule has 2 atom stereocenters. The fraction of sp³-hybridized carbons (Fsp3) is 0.625. The maximum absolute atomic E-state index is 10.3. The number of likely N-dealkylation sites (tertiary alicyclic amines) is 1. The van der Waals surface area contributed by atoms with Gasteiger partial charge in [-0.15, -0.1) is 0 Å². The summed E-state index contributed by atoms with van der Waals surface area (Å²) in [6, 6.07) is 7.71. The first-order valence-corrected chi connectivity index (χ1v) is 7.27. The van der Waals surface area contributed by atoms with Crippen molar-refractivity contribution in [1.82, 2.24) is 4.90 Å². The second kappa shape index (κ2) is 6.92. The first kappa shape index (κ1) is 14.4. The number of nitrogens with zero attached hydrogens (tertiary/aromatic N) is 1. The van der Waals surface area contributed by atoms with Crippen molar-refractivity contribution in [3.8, 4) is 5.75 Å². The zero-order valence-corrected chi connectivity index (χ0v) is 12.0. The van der Waals surface area contributed by atoms with Crippen LogP contribution < -0.4 is 4.74 Å². The highest BCUT2D eigenvalue weighted by Gasteiger charge is 2.21. The smallest absolute Gasteiger partial charge is 0.118 e. The molecule has 1 heterocycles. The van der Waals surface area contributed by atoms with Gasteiger partial charge in [0, 0.05) is 13.1 Å². The molecule has 0 radical (unpaired) electrons. The molecule has 3 heteroatoms. The Morgan fingerprint density at radius 3 is 2.74 bits per heavy atom. The molecule has 106 valence electrons. The number of ether oxygens (including phenoxy) is 1. The van der Waals surface area contributed by atoms with Crippen molar-refractivity contribution >= 4 is 0 Å². The minimum Gasteiger partial charge on any atom is -0.497 e. The summed E-state index contributed by atoms with van der Waals surface area (Å²) in [5, 5.41) is 10.3. The summed E-state index contributed by atoms with van der Waals surface area (Å²) in [7, 11) is 1.66. The topological polar surface area (TPSA) is 32.7 Å². The van der Waals surface area contributed by atoms with Gasteiger partial charge in [-0.2, -0.15) is 0 Å². The second-order valence-electron chi connectivity index (χ2n) is 5.47. The average molecular weight is 263 g/mol. The number of β-amino-alcohol motifs (C(OH)–C–C–N with tert-alkyl or cyclic N) is 1. The summed E-state index contributed by atoms with van der Waals surface area (Å²) in [6.07, 6.45) is 3.44. The fourth-order valence-corrected chi connectivity index (χ4v) is 2.83. The fourth-order valence-electron chi connectivity index (χ4n) is 2.83. The minimum absolute atomic E-state index is 0.401. The van der Waals surface area contributed by atoms with Gasteiger partial charge in [0.2, 0.25) is 0 Å². The minimum atomic E-state index is -0.401. The van der Waals surface area contributed by atoms with Crippen LogP contribution in [0.3, 0.4) is 0 Å². The number of hydrogen-bond acceptors (Lipinski definition) is 3. The molecule has 1 aromatic carbocycles. The summed E-state index contributed by atoms with van der Waals surface area (Å²) in [6.45, 7) is 5.24. The van der Waals surface area contributed by atoms with Crippen LogP contribution in [0.5, 0.6) is 5.75 Å². The highest BCUT2D eigenvalue weighted by molar-refractivity contribution is 5.28. The number of hydrogen-bond donors (Lipinski definition) is 1. The van der Waals surface area contributed by atoms with Crippen molar-refractivity contribution in [2.45, 2.75) is 32.3 Å². The Balaban J connectivity index is 1.90. The Morgan fingerprint density at radius 1 is 1.37 bits per heavy atom. The van der Waals surface area contributed by atoms with E-state index in [9.17, 15) is 5.11 Å². The summed E-state index contributed by atoms with van der Waals surface area (Å²) >= 11 is 0. The lowest BCUT2D eigenvalue weighted by Gasteiger charge is -2.33. The average Bonchev–Trinajstić information content (AvgIpc) is 2.47. The van der Waals surface area contributed by atoms with Gasteiger partial charge in [-0.3, -0.25) is 0 Å². The molecule has 0 aromatic heterocycles. The number of piperidine rings is 1. The second-order valence-corrected chi connectivity index (χ2v) is 5.47. The van der Waals surface area contributed by atoms with E-state index in [1.807, 2.05) is 24.3 Å². The largest absolute Gasteiger partial charge is 0.497 e. The Labute approximate surface area is 116 Å². The van der Waals surface area contributed by atoms with Gasteiger partial charge in [-0.1, -0.05) is 25.5 Å². The van der Waals surface area contributed by atoms with E-state index in [1.54, 1.807) is 7.11 Å². The molecule has 0 bridgehead atoms. The normalized spacial score (nSPS) is 22.2. The summed E-state index contributed by atoms with van der Waals surface area (Å²) in [5.74, 6) is 1.64. The van der Waals surface area contributed by atoms with Crippen LogP contribution in [0.1, 0.15) is 37.9 Å². The van der Waals surface area contributed by atoms with Crippen molar-refractivity contribution in [3.63, 3.8) is 0 Å². The molecule has 1 N–H and O–H groups in total. The van der Waals surface area contributed by atoms with E-state index >= 15 is 0 Å². The van der Waals surface area contributed by atoms with Crippen LogP contribution in [0.15, 0.2) is 24.3 Å². The van der Waals surface area contributed by atoms with Gasteiger partial charge in [0.05, 0.1) is 13.2 Å². The number of methoxy groups -OCH3 is 1. The monoisotopic (exact) mass is 263 g/mol. The molecule has 0 amide bonds. The van der Waals surface area contributed by atoms with Crippen LogP contribution in [0.2, 0.25) is 0 Å². The number of benzene rings is 1. The highest BCUT2D eigenvalue weighted by Crippen LogP contribution is 2.23. The van der Waals surface area contributed by atoms with Crippen LogP contribution >= 0.6 is 0 Å². The number of aliphatic hydroxyl groups is 1. The van der Waals surface area contributed by atoms with Gasteiger partial charge in [-0.05, 0) is 43.0 Å². The molecule has 19 heavy (non-hydrogen) atoms. The van der Waals surface area contributed by atoms with E-state index in [-0.39, 0.29) is 0 Å². The van der Waals surface area contributed by atoms with Crippen molar-refractivity contribution in [3.05, 3.63) is 29.8 Å². The van der Waals surface area contributed by atoms with Crippen molar-refractivity contribution < 1.29 is 9.84 Å². The van der Waals surface area contributed by atoms with E-state index in [1.165, 1.54) is 19.3 Å². The molecule has 1 aliphatic rings. The van der Waals surface area contributed by atoms with Crippen molar-refractivity contribution in [2.75, 3.05) is 26.7 Å². The third-order valence-corrected chi connectivity index (χ3v) is 4.11. The molecule has 0 saturated carbocycles. The van der Waals surface area contributed by atoms with E-state index in [0.717, 1.165) is 36.9 Å². The lowest BCUT2D eigenvalue weighted by atomic mass is 9.95. The SMILES string of the molecule is CCC1CCCN(CC(O)c2ccc(OC)cc2)C1. The molecule has 3 nitrogen and oxygen atoms in total. The lowest BCUT2D eigenvalue weighted by molar-refractivity contribution is 0.0836. The number of aliphatic hydroxyl groups excluding tert-OH is 1. The first-order valence-electron chi connectivity index (χ1n) is 7.27.